The SMILES string of the molecule is CN1CCOC(CNc2ccc(S(N)(=O)=O)cc2N)C1. The third-order valence-electron chi connectivity index (χ3n) is 3.21. The van der Waals surface area contributed by atoms with Gasteiger partial charge in [0.05, 0.1) is 29.0 Å². The summed E-state index contributed by atoms with van der Waals surface area (Å²) < 4.78 is 28.1. The van der Waals surface area contributed by atoms with Crippen LogP contribution >= 0.6 is 0 Å². The van der Waals surface area contributed by atoms with E-state index in [2.05, 4.69) is 10.2 Å². The molecule has 8 heteroatoms. The minimum atomic E-state index is -3.72. The van der Waals surface area contributed by atoms with Crippen LogP contribution in [0.2, 0.25) is 0 Å². The number of rotatable bonds is 4. The number of nitrogen functional groups attached to an aromatic ring is 1. The molecule has 2 rings (SSSR count). The van der Waals surface area contributed by atoms with Crippen LogP contribution in [0.15, 0.2) is 23.1 Å². The molecule has 0 radical (unpaired) electrons. The molecule has 20 heavy (non-hydrogen) atoms. The number of nitrogens with zero attached hydrogens (tertiary/aromatic N) is 1. The van der Waals surface area contributed by atoms with Crippen molar-refractivity contribution in [1.82, 2.24) is 4.90 Å². The molecule has 1 aliphatic rings. The lowest BCUT2D eigenvalue weighted by Gasteiger charge is -2.30. The van der Waals surface area contributed by atoms with Gasteiger partial charge in [0.2, 0.25) is 10.0 Å². The average molecular weight is 300 g/mol. The number of nitrogens with two attached hydrogens (primary N) is 2. The monoisotopic (exact) mass is 300 g/mol. The molecule has 0 bridgehead atoms. The fourth-order valence-electron chi connectivity index (χ4n) is 2.09. The van der Waals surface area contributed by atoms with E-state index in [0.29, 0.717) is 24.5 Å². The minimum Gasteiger partial charge on any atom is -0.397 e. The molecule has 1 atom stereocenters. The molecule has 1 aliphatic heterocycles. The second-order valence-corrected chi connectivity index (χ2v) is 6.49. The van der Waals surface area contributed by atoms with Gasteiger partial charge in [0.25, 0.3) is 0 Å². The molecule has 1 aromatic carbocycles. The second kappa shape index (κ2) is 5.96. The molecule has 0 aliphatic carbocycles. The van der Waals surface area contributed by atoms with E-state index in [1.54, 1.807) is 6.07 Å². The number of benzene rings is 1. The largest absolute Gasteiger partial charge is 0.397 e. The first-order valence-corrected chi connectivity index (χ1v) is 7.87. The van der Waals surface area contributed by atoms with Crippen LogP contribution in [-0.4, -0.2) is 52.7 Å². The quantitative estimate of drug-likeness (QED) is 0.656. The number of nitrogens with one attached hydrogen (secondary N) is 1. The summed E-state index contributed by atoms with van der Waals surface area (Å²) in [5, 5.41) is 8.22. The Balaban J connectivity index is 2.00. The zero-order valence-corrected chi connectivity index (χ0v) is 12.2. The number of sulfonamides is 1. The highest BCUT2D eigenvalue weighted by molar-refractivity contribution is 7.89. The fraction of sp³-hybridized carbons (Fsp3) is 0.500. The van der Waals surface area contributed by atoms with Crippen LogP contribution in [-0.2, 0) is 14.8 Å². The lowest BCUT2D eigenvalue weighted by Crippen LogP contribution is -2.43. The molecule has 1 heterocycles. The maximum atomic E-state index is 11.2. The Labute approximate surface area is 118 Å². The zero-order valence-electron chi connectivity index (χ0n) is 11.4. The normalized spacial score (nSPS) is 20.8. The van der Waals surface area contributed by atoms with Crippen molar-refractivity contribution in [2.75, 3.05) is 44.3 Å². The lowest BCUT2D eigenvalue weighted by atomic mass is 10.2. The predicted octanol–water partition coefficient (Wildman–Crippen LogP) is -0.341. The van der Waals surface area contributed by atoms with E-state index < -0.39 is 10.0 Å². The van der Waals surface area contributed by atoms with Crippen molar-refractivity contribution in [2.45, 2.75) is 11.0 Å². The summed E-state index contributed by atoms with van der Waals surface area (Å²) in [5.41, 5.74) is 6.85. The van der Waals surface area contributed by atoms with Gasteiger partial charge in [-0.3, -0.25) is 0 Å². The minimum absolute atomic E-state index is 0.00852. The van der Waals surface area contributed by atoms with Crippen LogP contribution in [0.25, 0.3) is 0 Å². The van der Waals surface area contributed by atoms with E-state index in [9.17, 15) is 8.42 Å². The number of morpholine rings is 1. The van der Waals surface area contributed by atoms with E-state index >= 15 is 0 Å². The highest BCUT2D eigenvalue weighted by Crippen LogP contribution is 2.22. The van der Waals surface area contributed by atoms with Crippen molar-refractivity contribution >= 4 is 21.4 Å². The first kappa shape index (κ1) is 15.0. The van der Waals surface area contributed by atoms with Gasteiger partial charge in [-0.15, -0.1) is 0 Å². The van der Waals surface area contributed by atoms with E-state index in [1.165, 1.54) is 12.1 Å². The van der Waals surface area contributed by atoms with Crippen molar-refractivity contribution < 1.29 is 13.2 Å². The van der Waals surface area contributed by atoms with Crippen LogP contribution in [0.1, 0.15) is 0 Å². The standard InChI is InChI=1S/C12H20N4O3S/c1-16-4-5-19-9(8-16)7-15-12-3-2-10(6-11(12)13)20(14,17)18/h2-3,6,9,15H,4-5,7-8,13H2,1H3,(H2,14,17,18). The van der Waals surface area contributed by atoms with Crippen LogP contribution in [0.4, 0.5) is 11.4 Å². The molecule has 0 saturated carbocycles. The molecule has 5 N–H and O–H groups in total. The van der Waals surface area contributed by atoms with Gasteiger partial charge in [-0.25, -0.2) is 13.6 Å². The smallest absolute Gasteiger partial charge is 0.238 e. The van der Waals surface area contributed by atoms with Crippen molar-refractivity contribution in [3.05, 3.63) is 18.2 Å². The van der Waals surface area contributed by atoms with Crippen molar-refractivity contribution in [3.63, 3.8) is 0 Å². The molecular formula is C12H20N4O3S. The Morgan fingerprint density at radius 1 is 1.50 bits per heavy atom. The third kappa shape index (κ3) is 3.83. The number of anilines is 2. The van der Waals surface area contributed by atoms with Crippen LogP contribution in [0, 0.1) is 0 Å². The Morgan fingerprint density at radius 2 is 2.25 bits per heavy atom. The number of hydrogen-bond acceptors (Lipinski definition) is 6. The van der Waals surface area contributed by atoms with Gasteiger partial charge in [-0.1, -0.05) is 0 Å². The molecule has 1 aromatic rings. The molecule has 1 fully saturated rings. The van der Waals surface area contributed by atoms with E-state index in [-0.39, 0.29) is 11.0 Å². The molecule has 112 valence electrons. The number of ether oxygens (including phenoxy) is 1. The van der Waals surface area contributed by atoms with Gasteiger partial charge in [-0.05, 0) is 25.2 Å². The summed E-state index contributed by atoms with van der Waals surface area (Å²) in [6, 6.07) is 4.40. The van der Waals surface area contributed by atoms with Crippen molar-refractivity contribution in [3.8, 4) is 0 Å². The maximum absolute atomic E-state index is 11.2. The molecule has 0 amide bonds. The highest BCUT2D eigenvalue weighted by atomic mass is 32.2. The van der Waals surface area contributed by atoms with E-state index in [4.69, 9.17) is 15.6 Å². The predicted molar refractivity (Wildman–Crippen MR) is 78.0 cm³/mol. The second-order valence-electron chi connectivity index (χ2n) is 4.93. The Morgan fingerprint density at radius 3 is 2.85 bits per heavy atom. The highest BCUT2D eigenvalue weighted by Gasteiger charge is 2.18. The van der Waals surface area contributed by atoms with Crippen molar-refractivity contribution in [2.24, 2.45) is 5.14 Å². The van der Waals surface area contributed by atoms with Gasteiger partial charge < -0.3 is 20.7 Å². The Hall–Kier alpha value is -1.35. The lowest BCUT2D eigenvalue weighted by molar-refractivity contribution is -0.0117. The zero-order chi connectivity index (χ0) is 14.8. The number of likely N-dealkylation sites (N-methyl/N-ethyl adjacent to an activating group) is 1. The molecule has 1 saturated heterocycles. The van der Waals surface area contributed by atoms with Gasteiger partial charge in [0, 0.05) is 19.6 Å². The molecular weight excluding hydrogens is 280 g/mol. The van der Waals surface area contributed by atoms with Gasteiger partial charge >= 0.3 is 0 Å². The van der Waals surface area contributed by atoms with Gasteiger partial charge in [-0.2, -0.15) is 0 Å². The van der Waals surface area contributed by atoms with E-state index in [1.807, 2.05) is 7.05 Å². The summed E-state index contributed by atoms with van der Waals surface area (Å²) in [6.07, 6.45) is 0.0890. The van der Waals surface area contributed by atoms with Gasteiger partial charge in [0.1, 0.15) is 0 Å². The Kier molecular flexibility index (Phi) is 4.48. The molecule has 0 spiro atoms. The summed E-state index contributed by atoms with van der Waals surface area (Å²) in [4.78, 5) is 2.21. The fourth-order valence-corrected chi connectivity index (χ4v) is 2.64. The molecule has 1 unspecified atom stereocenters. The third-order valence-corrected chi connectivity index (χ3v) is 4.12. The maximum Gasteiger partial charge on any atom is 0.238 e. The molecule has 0 aromatic heterocycles. The number of primary sulfonamides is 1. The topological polar surface area (TPSA) is 111 Å². The average Bonchev–Trinajstić information content (AvgIpc) is 2.36. The first-order chi connectivity index (χ1) is 9.36. The Bertz CT molecular complexity index is 576. The van der Waals surface area contributed by atoms with E-state index in [0.717, 1.165) is 13.1 Å². The van der Waals surface area contributed by atoms with Crippen LogP contribution in [0.3, 0.4) is 0 Å². The van der Waals surface area contributed by atoms with Crippen LogP contribution < -0.4 is 16.2 Å². The first-order valence-electron chi connectivity index (χ1n) is 6.32. The summed E-state index contributed by atoms with van der Waals surface area (Å²) in [5.74, 6) is 0. The summed E-state index contributed by atoms with van der Waals surface area (Å²) in [6.45, 7) is 3.11. The molecule has 7 nitrogen and oxygen atoms in total. The number of hydrogen-bond donors (Lipinski definition) is 3. The van der Waals surface area contributed by atoms with Crippen molar-refractivity contribution in [1.29, 1.82) is 0 Å². The summed E-state index contributed by atoms with van der Waals surface area (Å²) in [7, 11) is -1.68. The summed E-state index contributed by atoms with van der Waals surface area (Å²) >= 11 is 0. The van der Waals surface area contributed by atoms with Crippen LogP contribution in [0.5, 0.6) is 0 Å². The van der Waals surface area contributed by atoms with Gasteiger partial charge in [0.15, 0.2) is 0 Å².